The van der Waals surface area contributed by atoms with Gasteiger partial charge in [-0.05, 0) is 12.5 Å². The lowest BCUT2D eigenvalue weighted by molar-refractivity contribution is -0.137. The second-order valence-electron chi connectivity index (χ2n) is 2.45. The molecule has 2 nitrogen and oxygen atoms in total. The first-order valence-corrected chi connectivity index (χ1v) is 4.88. The van der Waals surface area contributed by atoms with Crippen molar-refractivity contribution in [2.75, 3.05) is 0 Å². The molecule has 0 radical (unpaired) electrons. The molecular weight excluding hydrogens is 139 g/mol. The molecule has 0 aromatic heterocycles. The maximum Gasteiger partial charge on any atom is 0.303 e. The number of carboxylic acid groups (broad SMARTS) is 1. The van der Waals surface area contributed by atoms with E-state index in [4.69, 9.17) is 5.11 Å². The van der Waals surface area contributed by atoms with Crippen LogP contribution in [-0.4, -0.2) is 26.8 Å². The molecule has 1 aliphatic heterocycles. The van der Waals surface area contributed by atoms with E-state index >= 15 is 0 Å². The molecular formula is C5H9FO2Si. The van der Waals surface area contributed by atoms with E-state index in [-0.39, 0.29) is 12.0 Å². The lowest BCUT2D eigenvalue weighted by Crippen LogP contribution is -2.08. The highest BCUT2D eigenvalue weighted by atomic mass is 28.2. The fourth-order valence-electron chi connectivity index (χ4n) is 1.15. The molecule has 1 aliphatic rings. The third-order valence-electron chi connectivity index (χ3n) is 1.72. The Labute approximate surface area is 54.9 Å². The minimum atomic E-state index is -0.808. The summed E-state index contributed by atoms with van der Waals surface area (Å²) in [5.41, 5.74) is -0.278. The average Bonchev–Trinajstić information content (AvgIpc) is 2.14. The normalized spacial score (nSPS) is 37.4. The Morgan fingerprint density at radius 3 is 2.67 bits per heavy atom. The molecule has 0 bridgehead atoms. The van der Waals surface area contributed by atoms with Crippen LogP contribution in [0.25, 0.3) is 0 Å². The van der Waals surface area contributed by atoms with E-state index in [1.807, 2.05) is 0 Å². The molecule has 0 saturated carbocycles. The molecule has 4 heteroatoms. The van der Waals surface area contributed by atoms with Crippen LogP contribution in [0.3, 0.4) is 0 Å². The average molecular weight is 148 g/mol. The highest BCUT2D eigenvalue weighted by molar-refractivity contribution is 6.44. The molecule has 1 rings (SSSR count). The predicted octanol–water partition coefficient (Wildman–Crippen LogP) is 0.188. The number of carbonyl (C=O) groups is 1. The third kappa shape index (κ3) is 1.51. The summed E-state index contributed by atoms with van der Waals surface area (Å²) >= 11 is 0. The van der Waals surface area contributed by atoms with Gasteiger partial charge in [-0.3, -0.25) is 4.79 Å². The summed E-state index contributed by atoms with van der Waals surface area (Å²) in [6.07, 6.45) is -0.528. The summed E-state index contributed by atoms with van der Waals surface area (Å²) in [6, 6.07) is 0.566. The molecule has 0 spiro atoms. The Morgan fingerprint density at radius 1 is 1.78 bits per heavy atom. The number of halogens is 1. The van der Waals surface area contributed by atoms with Gasteiger partial charge in [-0.2, -0.15) is 0 Å². The minimum absolute atomic E-state index is 0.278. The van der Waals surface area contributed by atoms with E-state index in [1.54, 1.807) is 0 Å². The topological polar surface area (TPSA) is 37.3 Å². The predicted molar refractivity (Wildman–Crippen MR) is 34.2 cm³/mol. The Kier molecular flexibility index (Phi) is 1.85. The van der Waals surface area contributed by atoms with Crippen LogP contribution >= 0.6 is 0 Å². The van der Waals surface area contributed by atoms with Crippen molar-refractivity contribution in [3.63, 3.8) is 0 Å². The fraction of sp³-hybridized carbons (Fsp3) is 0.800. The third-order valence-corrected chi connectivity index (χ3v) is 4.06. The van der Waals surface area contributed by atoms with Gasteiger partial charge >= 0.3 is 5.97 Å². The lowest BCUT2D eigenvalue weighted by atomic mass is 10.2. The van der Waals surface area contributed by atoms with Crippen molar-refractivity contribution >= 4 is 15.5 Å². The van der Waals surface area contributed by atoms with E-state index in [0.717, 1.165) is 0 Å². The monoisotopic (exact) mass is 148 g/mol. The SMILES string of the molecule is O=C(O)C1CC(F)C[SiH2]1. The number of hydrogen-bond donors (Lipinski definition) is 1. The van der Waals surface area contributed by atoms with E-state index in [1.165, 1.54) is 0 Å². The smallest absolute Gasteiger partial charge is 0.303 e. The van der Waals surface area contributed by atoms with E-state index in [0.29, 0.717) is 6.04 Å². The highest BCUT2D eigenvalue weighted by Crippen LogP contribution is 2.26. The van der Waals surface area contributed by atoms with Crippen molar-refractivity contribution in [2.24, 2.45) is 0 Å². The van der Waals surface area contributed by atoms with Gasteiger partial charge in [0.05, 0.1) is 6.17 Å². The molecule has 1 fully saturated rings. The van der Waals surface area contributed by atoms with Gasteiger partial charge in [0.2, 0.25) is 0 Å². The van der Waals surface area contributed by atoms with Crippen molar-refractivity contribution in [2.45, 2.75) is 24.2 Å². The van der Waals surface area contributed by atoms with Crippen LogP contribution in [0.5, 0.6) is 0 Å². The molecule has 0 aliphatic carbocycles. The zero-order valence-corrected chi connectivity index (χ0v) is 6.42. The van der Waals surface area contributed by atoms with Crippen LogP contribution in [0.15, 0.2) is 0 Å². The van der Waals surface area contributed by atoms with Crippen LogP contribution in [-0.2, 0) is 4.79 Å². The maximum absolute atomic E-state index is 12.3. The van der Waals surface area contributed by atoms with Gasteiger partial charge in [-0.25, -0.2) is 4.39 Å². The molecule has 1 N–H and O–H groups in total. The molecule has 1 saturated heterocycles. The van der Waals surface area contributed by atoms with Crippen LogP contribution < -0.4 is 0 Å². The lowest BCUT2D eigenvalue weighted by Gasteiger charge is -1.98. The second kappa shape index (κ2) is 2.47. The number of alkyl halides is 1. The maximum atomic E-state index is 12.3. The van der Waals surface area contributed by atoms with Crippen LogP contribution in [0, 0.1) is 0 Å². The van der Waals surface area contributed by atoms with E-state index < -0.39 is 21.7 Å². The summed E-state index contributed by atoms with van der Waals surface area (Å²) in [5.74, 6) is -0.790. The molecule has 52 valence electrons. The Balaban J connectivity index is 2.39. The van der Waals surface area contributed by atoms with Gasteiger partial charge in [0.1, 0.15) is 0 Å². The largest absolute Gasteiger partial charge is 0.481 e. The quantitative estimate of drug-likeness (QED) is 0.539. The second-order valence-corrected chi connectivity index (χ2v) is 4.59. The number of carboxylic acids is 1. The standard InChI is InChI=1S/C5H9FO2Si/c6-3-1-4(5(7)8)9-2-3/h3-4H,1-2,9H2,(H,7,8). The summed E-state index contributed by atoms with van der Waals surface area (Å²) < 4.78 is 12.3. The first-order chi connectivity index (χ1) is 4.20. The first-order valence-electron chi connectivity index (χ1n) is 3.07. The number of hydrogen-bond acceptors (Lipinski definition) is 1. The van der Waals surface area contributed by atoms with Crippen LogP contribution in [0.4, 0.5) is 4.39 Å². The van der Waals surface area contributed by atoms with Gasteiger partial charge < -0.3 is 5.11 Å². The summed E-state index contributed by atoms with van der Waals surface area (Å²) in [4.78, 5) is 10.2. The van der Waals surface area contributed by atoms with Crippen molar-refractivity contribution in [1.82, 2.24) is 0 Å². The van der Waals surface area contributed by atoms with Crippen LogP contribution in [0.1, 0.15) is 6.42 Å². The number of aliphatic carboxylic acids is 1. The van der Waals surface area contributed by atoms with Gasteiger partial charge in [0.25, 0.3) is 0 Å². The van der Waals surface area contributed by atoms with Crippen molar-refractivity contribution in [3.8, 4) is 0 Å². The Bertz CT molecular complexity index is 128. The number of rotatable bonds is 1. The molecule has 0 amide bonds. The van der Waals surface area contributed by atoms with Gasteiger partial charge in [0.15, 0.2) is 0 Å². The molecule has 9 heavy (non-hydrogen) atoms. The highest BCUT2D eigenvalue weighted by Gasteiger charge is 2.29. The Morgan fingerprint density at radius 2 is 2.44 bits per heavy atom. The van der Waals surface area contributed by atoms with E-state index in [9.17, 15) is 9.18 Å². The zero-order chi connectivity index (χ0) is 6.85. The van der Waals surface area contributed by atoms with Crippen molar-refractivity contribution in [3.05, 3.63) is 0 Å². The summed E-state index contributed by atoms with van der Waals surface area (Å²) in [5, 5.41) is 8.40. The van der Waals surface area contributed by atoms with Gasteiger partial charge in [-0.15, -0.1) is 0 Å². The van der Waals surface area contributed by atoms with E-state index in [2.05, 4.69) is 0 Å². The fourth-order valence-corrected chi connectivity index (χ4v) is 2.99. The molecule has 0 aromatic rings. The molecule has 2 atom stereocenters. The van der Waals surface area contributed by atoms with Crippen molar-refractivity contribution < 1.29 is 14.3 Å². The molecule has 2 unspecified atom stereocenters. The van der Waals surface area contributed by atoms with Crippen LogP contribution in [0.2, 0.25) is 11.6 Å². The summed E-state index contributed by atoms with van der Waals surface area (Å²) in [6.45, 7) is 0. The van der Waals surface area contributed by atoms with Crippen molar-refractivity contribution in [1.29, 1.82) is 0 Å². The van der Waals surface area contributed by atoms with Gasteiger partial charge in [-0.1, -0.05) is 0 Å². The first kappa shape index (κ1) is 6.73. The molecule has 0 aromatic carbocycles. The summed E-state index contributed by atoms with van der Waals surface area (Å²) in [7, 11) is -0.612. The minimum Gasteiger partial charge on any atom is -0.481 e. The molecule has 1 heterocycles. The van der Waals surface area contributed by atoms with Gasteiger partial charge in [0, 0.05) is 15.1 Å². The zero-order valence-electron chi connectivity index (χ0n) is 5.01. The Hall–Kier alpha value is -0.383.